The van der Waals surface area contributed by atoms with Crippen LogP contribution in [-0.4, -0.2) is 9.78 Å². The van der Waals surface area contributed by atoms with Crippen molar-refractivity contribution in [3.8, 4) is 0 Å². The van der Waals surface area contributed by atoms with Crippen LogP contribution in [0.4, 0.5) is 0 Å². The predicted octanol–water partition coefficient (Wildman–Crippen LogP) is 3.83. The van der Waals surface area contributed by atoms with Crippen LogP contribution in [0, 0.1) is 6.92 Å². The molecule has 2 nitrogen and oxygen atoms in total. The van der Waals surface area contributed by atoms with E-state index in [2.05, 4.69) is 18.9 Å². The topological polar surface area (TPSA) is 17.8 Å². The average molecular weight is 210 g/mol. The fourth-order valence-electron chi connectivity index (χ4n) is 2.02. The van der Waals surface area contributed by atoms with Gasteiger partial charge in [-0.05, 0) is 31.2 Å². The fourth-order valence-corrected chi connectivity index (χ4v) is 2.02. The Hall–Kier alpha value is -0.790. The zero-order valence-electron chi connectivity index (χ0n) is 11.4. The van der Waals surface area contributed by atoms with Crippen molar-refractivity contribution in [2.75, 3.05) is 0 Å². The normalized spacial score (nSPS) is 17.1. The molecule has 1 aromatic heterocycles. The van der Waals surface area contributed by atoms with Gasteiger partial charge < -0.3 is 0 Å². The summed E-state index contributed by atoms with van der Waals surface area (Å²) in [4.78, 5) is 0. The van der Waals surface area contributed by atoms with Gasteiger partial charge in [-0.2, -0.15) is 5.10 Å². The molecular weight excluding hydrogens is 184 g/mol. The lowest BCUT2D eigenvalue weighted by Gasteiger charge is -2.02. The minimum atomic E-state index is 0.735. The monoisotopic (exact) mass is 210 g/mol. The van der Waals surface area contributed by atoms with E-state index >= 15 is 0 Å². The molecule has 1 aromatic rings. The molecule has 0 aromatic carbocycles. The summed E-state index contributed by atoms with van der Waals surface area (Å²) in [7, 11) is 2.03. The highest BCUT2D eigenvalue weighted by molar-refractivity contribution is 5.33. The molecule has 1 aliphatic carbocycles. The van der Waals surface area contributed by atoms with E-state index < -0.39 is 0 Å². The van der Waals surface area contributed by atoms with E-state index in [4.69, 9.17) is 0 Å². The van der Waals surface area contributed by atoms with E-state index in [9.17, 15) is 0 Å². The van der Waals surface area contributed by atoms with Crippen molar-refractivity contribution in [1.29, 1.82) is 0 Å². The summed E-state index contributed by atoms with van der Waals surface area (Å²) in [6, 6.07) is 0. The molecule has 1 atom stereocenters. The molecule has 2 rings (SSSR count). The Bertz CT molecular complexity index is 287. The van der Waals surface area contributed by atoms with Gasteiger partial charge in [0.05, 0.1) is 5.69 Å². The van der Waals surface area contributed by atoms with Crippen LogP contribution in [-0.2, 0) is 13.5 Å². The Kier molecular flexibility index (Phi) is 6.30. The number of hydrogen-bond acceptors (Lipinski definition) is 1. The SMILES string of the molecule is CC.CC.Cc1c2c(nn1C)CCC2C. The third kappa shape index (κ3) is 2.83. The molecule has 0 saturated heterocycles. The Morgan fingerprint density at radius 2 is 1.73 bits per heavy atom. The standard InChI is InChI=1S/C9H14N2.2C2H6/c1-6-4-5-8-9(6)7(2)11(3)10-8;2*1-2/h6H,4-5H2,1-3H3;2*1-2H3. The van der Waals surface area contributed by atoms with Crippen LogP contribution in [0.1, 0.15) is 63.9 Å². The van der Waals surface area contributed by atoms with Gasteiger partial charge in [-0.25, -0.2) is 0 Å². The number of nitrogens with zero attached hydrogens (tertiary/aromatic N) is 2. The highest BCUT2D eigenvalue weighted by Gasteiger charge is 2.24. The molecule has 0 N–H and O–H groups in total. The second kappa shape index (κ2) is 6.65. The molecule has 0 fully saturated rings. The van der Waals surface area contributed by atoms with Gasteiger partial charge in [-0.1, -0.05) is 34.6 Å². The second-order valence-electron chi connectivity index (χ2n) is 3.51. The highest BCUT2D eigenvalue weighted by Crippen LogP contribution is 2.33. The summed E-state index contributed by atoms with van der Waals surface area (Å²) in [5, 5.41) is 4.46. The molecule has 0 saturated carbocycles. The van der Waals surface area contributed by atoms with Gasteiger partial charge in [0.25, 0.3) is 0 Å². The first-order valence-corrected chi connectivity index (χ1v) is 6.22. The lowest BCUT2D eigenvalue weighted by molar-refractivity contribution is 0.672. The van der Waals surface area contributed by atoms with Gasteiger partial charge in [-0.3, -0.25) is 4.68 Å². The Morgan fingerprint density at radius 3 is 2.20 bits per heavy atom. The van der Waals surface area contributed by atoms with E-state index in [0.717, 1.165) is 5.92 Å². The molecule has 0 radical (unpaired) electrons. The number of rotatable bonds is 0. The lowest BCUT2D eigenvalue weighted by atomic mass is 10.1. The number of aryl methyl sites for hydroxylation is 2. The predicted molar refractivity (Wildman–Crippen MR) is 67.4 cm³/mol. The van der Waals surface area contributed by atoms with Gasteiger partial charge in [0.15, 0.2) is 0 Å². The molecule has 0 amide bonds. The average Bonchev–Trinajstić information content (AvgIpc) is 2.77. The minimum Gasteiger partial charge on any atom is -0.272 e. The molecule has 1 heterocycles. The van der Waals surface area contributed by atoms with E-state index in [0.29, 0.717) is 0 Å². The van der Waals surface area contributed by atoms with E-state index in [1.807, 2.05) is 39.4 Å². The summed E-state index contributed by atoms with van der Waals surface area (Å²) in [6.45, 7) is 12.5. The van der Waals surface area contributed by atoms with Gasteiger partial charge in [-0.15, -0.1) is 0 Å². The van der Waals surface area contributed by atoms with Crippen LogP contribution in [0.25, 0.3) is 0 Å². The summed E-state index contributed by atoms with van der Waals surface area (Å²) >= 11 is 0. The van der Waals surface area contributed by atoms with E-state index in [-0.39, 0.29) is 0 Å². The van der Waals surface area contributed by atoms with Gasteiger partial charge in [0.2, 0.25) is 0 Å². The van der Waals surface area contributed by atoms with Crippen molar-refractivity contribution in [1.82, 2.24) is 9.78 Å². The zero-order chi connectivity index (χ0) is 12.0. The molecular formula is C13H26N2. The van der Waals surface area contributed by atoms with Crippen molar-refractivity contribution < 1.29 is 0 Å². The maximum absolute atomic E-state index is 4.46. The van der Waals surface area contributed by atoms with Gasteiger partial charge in [0.1, 0.15) is 0 Å². The van der Waals surface area contributed by atoms with Gasteiger partial charge in [0, 0.05) is 12.7 Å². The fraction of sp³-hybridized carbons (Fsp3) is 0.769. The molecule has 88 valence electrons. The maximum atomic E-state index is 4.46. The van der Waals surface area contributed by atoms with Crippen LogP contribution in [0.2, 0.25) is 0 Å². The van der Waals surface area contributed by atoms with Crippen molar-refractivity contribution in [3.05, 3.63) is 17.0 Å². The number of fused-ring (bicyclic) bond motifs is 1. The second-order valence-corrected chi connectivity index (χ2v) is 3.51. The summed E-state index contributed by atoms with van der Waals surface area (Å²) in [5.41, 5.74) is 4.19. The molecule has 1 unspecified atom stereocenters. The third-order valence-corrected chi connectivity index (χ3v) is 2.76. The van der Waals surface area contributed by atoms with Crippen LogP contribution in [0.15, 0.2) is 0 Å². The first-order chi connectivity index (χ1) is 7.20. The van der Waals surface area contributed by atoms with E-state index in [1.54, 1.807) is 0 Å². The molecule has 0 spiro atoms. The minimum absolute atomic E-state index is 0.735. The highest BCUT2D eigenvalue weighted by atomic mass is 15.3. The van der Waals surface area contributed by atoms with Crippen LogP contribution in [0.5, 0.6) is 0 Å². The van der Waals surface area contributed by atoms with Crippen LogP contribution in [0.3, 0.4) is 0 Å². The van der Waals surface area contributed by atoms with Crippen molar-refractivity contribution in [3.63, 3.8) is 0 Å². The first kappa shape index (κ1) is 14.2. The van der Waals surface area contributed by atoms with Crippen LogP contribution < -0.4 is 0 Å². The third-order valence-electron chi connectivity index (χ3n) is 2.76. The zero-order valence-corrected chi connectivity index (χ0v) is 11.4. The quantitative estimate of drug-likeness (QED) is 0.636. The Balaban J connectivity index is 0.000000442. The summed E-state index contributed by atoms with van der Waals surface area (Å²) < 4.78 is 2.00. The first-order valence-electron chi connectivity index (χ1n) is 6.22. The van der Waals surface area contributed by atoms with Gasteiger partial charge >= 0.3 is 0 Å². The molecule has 1 aliphatic rings. The molecule has 0 bridgehead atoms. The number of hydrogen-bond donors (Lipinski definition) is 0. The number of aromatic nitrogens is 2. The Labute approximate surface area is 94.7 Å². The summed E-state index contributed by atoms with van der Waals surface area (Å²) in [5.74, 6) is 0.735. The maximum Gasteiger partial charge on any atom is 0.0662 e. The molecule has 0 aliphatic heterocycles. The smallest absolute Gasteiger partial charge is 0.0662 e. The molecule has 2 heteroatoms. The van der Waals surface area contributed by atoms with E-state index in [1.165, 1.54) is 29.8 Å². The largest absolute Gasteiger partial charge is 0.272 e. The van der Waals surface area contributed by atoms with Crippen LogP contribution >= 0.6 is 0 Å². The lowest BCUT2D eigenvalue weighted by Crippen LogP contribution is -1.97. The Morgan fingerprint density at radius 1 is 1.20 bits per heavy atom. The van der Waals surface area contributed by atoms with Crippen molar-refractivity contribution in [2.45, 2.75) is 60.3 Å². The van der Waals surface area contributed by atoms with Crippen molar-refractivity contribution >= 4 is 0 Å². The summed E-state index contributed by atoms with van der Waals surface area (Å²) in [6.07, 6.45) is 2.47. The molecule has 15 heavy (non-hydrogen) atoms. The van der Waals surface area contributed by atoms with Crippen molar-refractivity contribution in [2.24, 2.45) is 7.05 Å².